The maximum atomic E-state index is 4.40. The molecule has 0 aromatic carbocycles. The molecule has 1 fully saturated rings. The van der Waals surface area contributed by atoms with Gasteiger partial charge < -0.3 is 16.0 Å². The van der Waals surface area contributed by atoms with E-state index in [4.69, 9.17) is 0 Å². The Morgan fingerprint density at radius 3 is 2.45 bits per heavy atom. The maximum Gasteiger partial charge on any atom is 0.107 e. The zero-order valence-electron chi connectivity index (χ0n) is 12.2. The Morgan fingerprint density at radius 2 is 1.70 bits per heavy atom. The minimum Gasteiger partial charge on any atom is -0.315 e. The Balaban J connectivity index is 1.75. The fraction of sp³-hybridized carbons (Fsp3) is 0.786. The van der Waals surface area contributed by atoms with Crippen LogP contribution in [-0.4, -0.2) is 62.2 Å². The Kier molecular flexibility index (Phi) is 8.11. The van der Waals surface area contributed by atoms with Crippen molar-refractivity contribution in [2.75, 3.05) is 52.4 Å². The molecule has 0 amide bonds. The summed E-state index contributed by atoms with van der Waals surface area (Å²) in [5.41, 5.74) is 0. The van der Waals surface area contributed by atoms with Gasteiger partial charge in [0.15, 0.2) is 0 Å². The van der Waals surface area contributed by atoms with Gasteiger partial charge in [0.2, 0.25) is 0 Å². The second-order valence-corrected chi connectivity index (χ2v) is 6.14. The van der Waals surface area contributed by atoms with Gasteiger partial charge in [-0.3, -0.25) is 4.90 Å². The summed E-state index contributed by atoms with van der Waals surface area (Å²) in [6, 6.07) is 0. The van der Waals surface area contributed by atoms with E-state index in [1.807, 2.05) is 6.20 Å². The van der Waals surface area contributed by atoms with Gasteiger partial charge in [0, 0.05) is 37.8 Å². The summed E-state index contributed by atoms with van der Waals surface area (Å²) in [4.78, 5) is 6.91. The highest BCUT2D eigenvalue weighted by atomic mass is 32.1. The minimum atomic E-state index is 0.987. The molecule has 6 heteroatoms. The number of aromatic nitrogens is 1. The lowest BCUT2D eigenvalue weighted by molar-refractivity contribution is 0.259. The van der Waals surface area contributed by atoms with Gasteiger partial charge in [-0.2, -0.15) is 0 Å². The lowest BCUT2D eigenvalue weighted by Crippen LogP contribution is -2.36. The number of rotatable bonds is 2. The predicted octanol–water partition coefficient (Wildman–Crippen LogP) is 0.508. The Morgan fingerprint density at radius 1 is 0.950 bits per heavy atom. The molecule has 114 valence electrons. The zero-order valence-corrected chi connectivity index (χ0v) is 13.1. The van der Waals surface area contributed by atoms with Gasteiger partial charge in [0.1, 0.15) is 5.01 Å². The first-order valence-corrected chi connectivity index (χ1v) is 8.56. The molecule has 1 aromatic heterocycles. The van der Waals surface area contributed by atoms with Gasteiger partial charge in [-0.1, -0.05) is 0 Å². The average molecular weight is 297 g/mol. The van der Waals surface area contributed by atoms with Crippen molar-refractivity contribution in [3.8, 4) is 0 Å². The molecule has 3 N–H and O–H groups in total. The third kappa shape index (κ3) is 6.76. The molecule has 1 saturated heterocycles. The molecule has 0 saturated carbocycles. The van der Waals surface area contributed by atoms with Crippen molar-refractivity contribution in [3.05, 3.63) is 16.6 Å². The van der Waals surface area contributed by atoms with Crippen LogP contribution in [-0.2, 0) is 6.54 Å². The van der Waals surface area contributed by atoms with E-state index in [-0.39, 0.29) is 0 Å². The molecule has 1 aliphatic rings. The van der Waals surface area contributed by atoms with Crippen LogP contribution in [0.5, 0.6) is 0 Å². The molecule has 2 rings (SSSR count). The van der Waals surface area contributed by atoms with E-state index in [0.717, 1.165) is 58.9 Å². The maximum absolute atomic E-state index is 4.40. The molecule has 0 atom stereocenters. The van der Waals surface area contributed by atoms with Crippen LogP contribution in [0.1, 0.15) is 17.8 Å². The molecule has 20 heavy (non-hydrogen) atoms. The monoisotopic (exact) mass is 297 g/mol. The standard InChI is InChI=1S/C14H27N5S/c1-3-15-6-7-16-5-2-10-19(11-8-17-4-1)13-14-18-9-12-20-14/h9,12,15-17H,1-8,10-11,13H2. The minimum absolute atomic E-state index is 0.987. The highest BCUT2D eigenvalue weighted by molar-refractivity contribution is 7.09. The van der Waals surface area contributed by atoms with E-state index in [1.165, 1.54) is 17.8 Å². The summed E-state index contributed by atoms with van der Waals surface area (Å²) in [6.45, 7) is 9.75. The van der Waals surface area contributed by atoms with Gasteiger partial charge in [-0.15, -0.1) is 11.3 Å². The third-order valence-electron chi connectivity index (χ3n) is 3.46. The molecular formula is C14H27N5S. The fourth-order valence-corrected chi connectivity index (χ4v) is 3.00. The zero-order chi connectivity index (χ0) is 13.9. The summed E-state index contributed by atoms with van der Waals surface area (Å²) in [6.07, 6.45) is 4.30. The quantitative estimate of drug-likeness (QED) is 0.742. The van der Waals surface area contributed by atoms with Gasteiger partial charge in [-0.25, -0.2) is 4.98 Å². The van der Waals surface area contributed by atoms with Crippen molar-refractivity contribution in [1.29, 1.82) is 0 Å². The first-order valence-electron chi connectivity index (χ1n) is 7.68. The van der Waals surface area contributed by atoms with Crippen LogP contribution < -0.4 is 16.0 Å². The molecule has 0 unspecified atom stereocenters. The second-order valence-electron chi connectivity index (χ2n) is 5.16. The van der Waals surface area contributed by atoms with Gasteiger partial charge in [-0.05, 0) is 39.0 Å². The Bertz CT molecular complexity index is 316. The number of nitrogens with zero attached hydrogens (tertiary/aromatic N) is 2. The number of hydrogen-bond donors (Lipinski definition) is 3. The molecular weight excluding hydrogens is 270 g/mol. The van der Waals surface area contributed by atoms with Crippen molar-refractivity contribution in [3.63, 3.8) is 0 Å². The van der Waals surface area contributed by atoms with Crippen LogP contribution in [0.2, 0.25) is 0 Å². The summed E-state index contributed by atoms with van der Waals surface area (Å²) < 4.78 is 0. The van der Waals surface area contributed by atoms with Crippen LogP contribution in [0.25, 0.3) is 0 Å². The molecule has 1 aliphatic heterocycles. The Labute approximate surface area is 126 Å². The normalized spacial score (nSPS) is 21.4. The van der Waals surface area contributed by atoms with Crippen LogP contribution in [0.4, 0.5) is 0 Å². The van der Waals surface area contributed by atoms with Crippen molar-refractivity contribution in [1.82, 2.24) is 25.8 Å². The van der Waals surface area contributed by atoms with Crippen molar-refractivity contribution >= 4 is 11.3 Å². The highest BCUT2D eigenvalue weighted by Gasteiger charge is 2.07. The van der Waals surface area contributed by atoms with Crippen molar-refractivity contribution in [2.45, 2.75) is 19.4 Å². The average Bonchev–Trinajstić information content (AvgIpc) is 2.96. The lowest BCUT2D eigenvalue weighted by atomic mass is 10.3. The summed E-state index contributed by atoms with van der Waals surface area (Å²) in [5, 5.41) is 13.8. The smallest absolute Gasteiger partial charge is 0.107 e. The first-order chi connectivity index (χ1) is 9.95. The SMILES string of the molecule is c1csc(CN2CCCNCCNCCCNCC2)n1. The van der Waals surface area contributed by atoms with E-state index in [2.05, 4.69) is 31.2 Å². The molecule has 5 nitrogen and oxygen atoms in total. The first kappa shape index (κ1) is 15.9. The summed E-state index contributed by atoms with van der Waals surface area (Å²) in [7, 11) is 0. The molecule has 2 heterocycles. The van der Waals surface area contributed by atoms with Gasteiger partial charge in [0.05, 0.1) is 6.54 Å². The molecule has 0 radical (unpaired) electrons. The Hall–Kier alpha value is -0.530. The number of thiazole rings is 1. The third-order valence-corrected chi connectivity index (χ3v) is 4.23. The predicted molar refractivity (Wildman–Crippen MR) is 85.2 cm³/mol. The van der Waals surface area contributed by atoms with Crippen LogP contribution in [0, 0.1) is 0 Å². The summed E-state index contributed by atoms with van der Waals surface area (Å²) >= 11 is 1.75. The molecule has 0 aliphatic carbocycles. The highest BCUT2D eigenvalue weighted by Crippen LogP contribution is 2.08. The van der Waals surface area contributed by atoms with Crippen LogP contribution in [0.3, 0.4) is 0 Å². The molecule has 1 aromatic rings. The fourth-order valence-electron chi connectivity index (χ4n) is 2.35. The molecule has 0 bridgehead atoms. The molecule has 0 spiro atoms. The number of nitrogens with one attached hydrogen (secondary N) is 3. The van der Waals surface area contributed by atoms with Crippen LogP contribution >= 0.6 is 11.3 Å². The van der Waals surface area contributed by atoms with Crippen molar-refractivity contribution in [2.24, 2.45) is 0 Å². The van der Waals surface area contributed by atoms with Crippen LogP contribution in [0.15, 0.2) is 11.6 Å². The summed E-state index contributed by atoms with van der Waals surface area (Å²) in [5.74, 6) is 0. The van der Waals surface area contributed by atoms with E-state index in [0.29, 0.717) is 0 Å². The van der Waals surface area contributed by atoms with E-state index >= 15 is 0 Å². The van der Waals surface area contributed by atoms with E-state index in [1.54, 1.807) is 11.3 Å². The lowest BCUT2D eigenvalue weighted by Gasteiger charge is -2.22. The van der Waals surface area contributed by atoms with Gasteiger partial charge in [0.25, 0.3) is 0 Å². The second kappa shape index (κ2) is 10.2. The van der Waals surface area contributed by atoms with Crippen molar-refractivity contribution < 1.29 is 0 Å². The van der Waals surface area contributed by atoms with E-state index < -0.39 is 0 Å². The van der Waals surface area contributed by atoms with E-state index in [9.17, 15) is 0 Å². The van der Waals surface area contributed by atoms with Gasteiger partial charge >= 0.3 is 0 Å². The topological polar surface area (TPSA) is 52.2 Å². The number of hydrogen-bond acceptors (Lipinski definition) is 6. The largest absolute Gasteiger partial charge is 0.315 e.